The Labute approximate surface area is 225 Å². The molecule has 0 radical (unpaired) electrons. The predicted octanol–water partition coefficient (Wildman–Crippen LogP) is 3.31. The number of carbonyl (C=O) groups excluding carboxylic acids is 3. The van der Waals surface area contributed by atoms with E-state index in [1.54, 1.807) is 51.1 Å². The summed E-state index contributed by atoms with van der Waals surface area (Å²) in [7, 11) is 3.12. The highest BCUT2D eigenvalue weighted by atomic mass is 16.5. The van der Waals surface area contributed by atoms with Crippen LogP contribution in [0, 0.1) is 5.41 Å². The van der Waals surface area contributed by atoms with Crippen LogP contribution in [0.3, 0.4) is 0 Å². The lowest BCUT2D eigenvalue weighted by molar-refractivity contribution is -0.126. The second-order valence-electron chi connectivity index (χ2n) is 10.3. The van der Waals surface area contributed by atoms with E-state index in [-0.39, 0.29) is 18.4 Å². The Kier molecular flexibility index (Phi) is 6.26. The van der Waals surface area contributed by atoms with E-state index in [0.29, 0.717) is 40.4 Å². The fourth-order valence-corrected chi connectivity index (χ4v) is 4.99. The largest absolute Gasteiger partial charge is 0.497 e. The molecule has 0 saturated heterocycles. The second-order valence-corrected chi connectivity index (χ2v) is 10.3. The Morgan fingerprint density at radius 3 is 2.59 bits per heavy atom. The van der Waals surface area contributed by atoms with Crippen molar-refractivity contribution in [3.63, 3.8) is 0 Å². The van der Waals surface area contributed by atoms with Gasteiger partial charge in [-0.05, 0) is 66.9 Å². The van der Waals surface area contributed by atoms with Crippen molar-refractivity contribution in [3.8, 4) is 28.1 Å². The third-order valence-corrected chi connectivity index (χ3v) is 7.23. The number of ether oxygens (including phenoxy) is 1. The number of amides is 3. The lowest BCUT2D eigenvalue weighted by Gasteiger charge is -2.27. The van der Waals surface area contributed by atoms with Gasteiger partial charge in [-0.3, -0.25) is 19.5 Å². The first kappa shape index (κ1) is 25.8. The van der Waals surface area contributed by atoms with Crippen molar-refractivity contribution >= 4 is 34.3 Å². The molecule has 4 aromatic rings. The van der Waals surface area contributed by atoms with Crippen molar-refractivity contribution in [2.24, 2.45) is 11.1 Å². The molecule has 0 aliphatic carbocycles. The molecular formula is C29H30N6O4. The number of benzene rings is 3. The van der Waals surface area contributed by atoms with Crippen molar-refractivity contribution in [1.29, 1.82) is 0 Å². The molecule has 3 amide bonds. The number of anilines is 1. The number of fused-ring (bicyclic) bond motifs is 2. The van der Waals surface area contributed by atoms with Crippen molar-refractivity contribution in [2.75, 3.05) is 26.4 Å². The Morgan fingerprint density at radius 2 is 1.90 bits per heavy atom. The number of nitrogens with two attached hydrogens (primary N) is 2. The molecule has 200 valence electrons. The Bertz CT molecular complexity index is 1660. The molecule has 1 aliphatic rings. The standard InChI is InChI=1S/C29H30N6O4/c1-29(2,28(31)38)14-35-13-21-19(6-7-22(30)24(21)27(35)37)15-5-8-23-20(12-15)25(34-33-23)16-9-17(26(36)32-3)11-18(10-16)39-4/h5-12H,13-14,30H2,1-4H3,(H2,31,38)(H,32,36)(H,33,34). The van der Waals surface area contributed by atoms with E-state index in [0.717, 1.165) is 27.6 Å². The Morgan fingerprint density at radius 1 is 1.13 bits per heavy atom. The summed E-state index contributed by atoms with van der Waals surface area (Å²) in [5, 5.41) is 11.1. The summed E-state index contributed by atoms with van der Waals surface area (Å²) in [5.74, 6) is -0.398. The first-order valence-corrected chi connectivity index (χ1v) is 12.4. The first-order chi connectivity index (χ1) is 18.5. The summed E-state index contributed by atoms with van der Waals surface area (Å²) < 4.78 is 5.43. The quantitative estimate of drug-likeness (QED) is 0.271. The molecule has 10 heteroatoms. The molecule has 3 aromatic carbocycles. The monoisotopic (exact) mass is 526 g/mol. The summed E-state index contributed by atoms with van der Waals surface area (Å²) >= 11 is 0. The van der Waals surface area contributed by atoms with Crippen LogP contribution in [-0.4, -0.2) is 53.5 Å². The average molecular weight is 527 g/mol. The number of nitrogens with zero attached hydrogens (tertiary/aromatic N) is 2. The third kappa shape index (κ3) is 4.43. The maximum absolute atomic E-state index is 13.3. The van der Waals surface area contributed by atoms with E-state index in [4.69, 9.17) is 16.2 Å². The number of nitrogens with one attached hydrogen (secondary N) is 2. The summed E-state index contributed by atoms with van der Waals surface area (Å²) in [5.41, 5.74) is 16.9. The van der Waals surface area contributed by atoms with Gasteiger partial charge in [0, 0.05) is 42.3 Å². The van der Waals surface area contributed by atoms with Gasteiger partial charge in [-0.1, -0.05) is 12.1 Å². The van der Waals surface area contributed by atoms with Gasteiger partial charge in [-0.25, -0.2) is 0 Å². The van der Waals surface area contributed by atoms with Crippen molar-refractivity contribution in [1.82, 2.24) is 20.4 Å². The van der Waals surface area contributed by atoms with Gasteiger partial charge < -0.3 is 26.4 Å². The molecular weight excluding hydrogens is 496 g/mol. The molecule has 0 bridgehead atoms. The molecule has 1 aromatic heterocycles. The van der Waals surface area contributed by atoms with Crippen molar-refractivity contribution in [3.05, 3.63) is 65.2 Å². The normalized spacial score (nSPS) is 13.0. The van der Waals surface area contributed by atoms with Gasteiger partial charge in [-0.2, -0.15) is 5.10 Å². The summed E-state index contributed by atoms with van der Waals surface area (Å²) in [6.07, 6.45) is 0. The number of hydrogen-bond acceptors (Lipinski definition) is 6. The zero-order valence-electron chi connectivity index (χ0n) is 22.2. The first-order valence-electron chi connectivity index (χ1n) is 12.4. The number of aromatic amines is 1. The van der Waals surface area contributed by atoms with Crippen LogP contribution >= 0.6 is 0 Å². The van der Waals surface area contributed by atoms with Gasteiger partial charge in [0.05, 0.1) is 23.6 Å². The molecule has 1 aliphatic heterocycles. The Balaban J connectivity index is 1.60. The molecule has 5 rings (SSSR count). The number of carbonyl (C=O) groups is 3. The third-order valence-electron chi connectivity index (χ3n) is 7.23. The van der Waals surface area contributed by atoms with E-state index in [1.165, 1.54) is 0 Å². The van der Waals surface area contributed by atoms with E-state index in [1.807, 2.05) is 30.3 Å². The topological polar surface area (TPSA) is 156 Å². The van der Waals surface area contributed by atoms with Crippen LogP contribution in [0.4, 0.5) is 5.69 Å². The minimum atomic E-state index is -0.887. The molecule has 6 N–H and O–H groups in total. The molecule has 0 unspecified atom stereocenters. The lowest BCUT2D eigenvalue weighted by atomic mass is 9.92. The van der Waals surface area contributed by atoms with Crippen LogP contribution in [0.1, 0.15) is 40.1 Å². The molecule has 0 atom stereocenters. The highest BCUT2D eigenvalue weighted by Gasteiger charge is 2.37. The van der Waals surface area contributed by atoms with E-state index in [2.05, 4.69) is 15.5 Å². The number of hydrogen-bond donors (Lipinski definition) is 4. The minimum absolute atomic E-state index is 0.184. The number of methoxy groups -OCH3 is 1. The summed E-state index contributed by atoms with van der Waals surface area (Å²) in [4.78, 5) is 39.2. The van der Waals surface area contributed by atoms with Crippen LogP contribution in [0.5, 0.6) is 5.75 Å². The number of primary amides is 1. The van der Waals surface area contributed by atoms with Crippen molar-refractivity contribution < 1.29 is 19.1 Å². The smallest absolute Gasteiger partial charge is 0.256 e. The Hall–Kier alpha value is -4.86. The van der Waals surface area contributed by atoms with Crippen LogP contribution in [0.25, 0.3) is 33.3 Å². The molecule has 0 fully saturated rings. The van der Waals surface area contributed by atoms with E-state index in [9.17, 15) is 14.4 Å². The van der Waals surface area contributed by atoms with Crippen molar-refractivity contribution in [2.45, 2.75) is 20.4 Å². The number of nitrogen functional groups attached to an aromatic ring is 1. The lowest BCUT2D eigenvalue weighted by Crippen LogP contribution is -2.42. The second kappa shape index (κ2) is 9.46. The average Bonchev–Trinajstić information content (AvgIpc) is 3.48. The zero-order valence-corrected chi connectivity index (χ0v) is 22.2. The van der Waals surface area contributed by atoms with E-state index < -0.39 is 11.3 Å². The number of H-pyrrole nitrogens is 1. The van der Waals surface area contributed by atoms with Crippen LogP contribution < -0.4 is 21.5 Å². The van der Waals surface area contributed by atoms with Gasteiger partial charge in [-0.15, -0.1) is 0 Å². The molecule has 39 heavy (non-hydrogen) atoms. The summed E-state index contributed by atoms with van der Waals surface area (Å²) in [6.45, 7) is 3.94. The van der Waals surface area contributed by atoms with Crippen LogP contribution in [0.2, 0.25) is 0 Å². The van der Waals surface area contributed by atoms with Crippen LogP contribution in [-0.2, 0) is 11.3 Å². The van der Waals surface area contributed by atoms with Gasteiger partial charge in [0.15, 0.2) is 0 Å². The molecule has 0 saturated carbocycles. The van der Waals surface area contributed by atoms with Gasteiger partial charge >= 0.3 is 0 Å². The van der Waals surface area contributed by atoms with Gasteiger partial charge in [0.1, 0.15) is 11.4 Å². The molecule has 10 nitrogen and oxygen atoms in total. The van der Waals surface area contributed by atoms with E-state index >= 15 is 0 Å². The maximum Gasteiger partial charge on any atom is 0.256 e. The fraction of sp³-hybridized carbons (Fsp3) is 0.241. The zero-order chi connectivity index (χ0) is 28.1. The fourth-order valence-electron chi connectivity index (χ4n) is 4.99. The summed E-state index contributed by atoms with van der Waals surface area (Å²) in [6, 6.07) is 14.8. The van der Waals surface area contributed by atoms with Crippen LogP contribution in [0.15, 0.2) is 48.5 Å². The highest BCUT2D eigenvalue weighted by molar-refractivity contribution is 6.06. The number of aromatic nitrogens is 2. The highest BCUT2D eigenvalue weighted by Crippen LogP contribution is 2.39. The predicted molar refractivity (Wildman–Crippen MR) is 149 cm³/mol. The number of rotatable bonds is 7. The molecule has 2 heterocycles. The SMILES string of the molecule is CNC(=O)c1cc(OC)cc(-c2n[nH]c3ccc(-c4ccc(N)c5c4CN(CC(C)(C)C(N)=O)C5=O)cc23)c1. The van der Waals surface area contributed by atoms with Gasteiger partial charge in [0.25, 0.3) is 11.8 Å². The maximum atomic E-state index is 13.3. The van der Waals surface area contributed by atoms with Gasteiger partial charge in [0.2, 0.25) is 5.91 Å². The molecule has 0 spiro atoms. The minimum Gasteiger partial charge on any atom is -0.497 e.